The first kappa shape index (κ1) is 15.7. The summed E-state index contributed by atoms with van der Waals surface area (Å²) in [7, 11) is 1.40. The fraction of sp³-hybridized carbons (Fsp3) is 0.235. The van der Waals surface area contributed by atoms with Crippen LogP contribution in [-0.2, 0) is 11.3 Å². The average molecular weight is 348 g/mol. The molecule has 2 rings (SSSR count). The number of ether oxygens (including phenoxy) is 1. The fourth-order valence-electron chi connectivity index (χ4n) is 2.12. The van der Waals surface area contributed by atoms with Gasteiger partial charge in [0.25, 0.3) is 0 Å². The van der Waals surface area contributed by atoms with Gasteiger partial charge in [0.05, 0.1) is 12.7 Å². The van der Waals surface area contributed by atoms with Gasteiger partial charge >= 0.3 is 5.97 Å². The van der Waals surface area contributed by atoms with Crippen LogP contribution in [0.1, 0.15) is 34.5 Å². The van der Waals surface area contributed by atoms with E-state index in [1.807, 2.05) is 30.3 Å². The summed E-state index contributed by atoms with van der Waals surface area (Å²) in [5.41, 5.74) is 2.75. The number of benzene rings is 2. The maximum Gasteiger partial charge on any atom is 0.338 e. The lowest BCUT2D eigenvalue weighted by Crippen LogP contribution is -2.20. The van der Waals surface area contributed by atoms with Crippen molar-refractivity contribution in [2.45, 2.75) is 19.5 Å². The minimum Gasteiger partial charge on any atom is -0.465 e. The third kappa shape index (κ3) is 4.16. The van der Waals surface area contributed by atoms with Crippen molar-refractivity contribution >= 4 is 21.9 Å². The Morgan fingerprint density at radius 1 is 1.19 bits per heavy atom. The molecule has 0 heterocycles. The minimum atomic E-state index is -0.302. The number of hydrogen-bond donors (Lipinski definition) is 1. The SMILES string of the molecule is COC(=O)c1ccccc1CNC(C)c1ccc(Br)cc1. The van der Waals surface area contributed by atoms with E-state index < -0.39 is 0 Å². The van der Waals surface area contributed by atoms with Crippen molar-refractivity contribution in [2.24, 2.45) is 0 Å². The number of rotatable bonds is 5. The molecule has 2 aromatic rings. The molecule has 0 aliphatic heterocycles. The molecule has 1 N–H and O–H groups in total. The third-order valence-electron chi connectivity index (χ3n) is 3.39. The van der Waals surface area contributed by atoms with Crippen molar-refractivity contribution in [3.8, 4) is 0 Å². The Labute approximate surface area is 133 Å². The number of esters is 1. The zero-order valence-corrected chi connectivity index (χ0v) is 13.7. The molecule has 0 amide bonds. The molecule has 2 aromatic carbocycles. The van der Waals surface area contributed by atoms with Crippen LogP contribution in [0.15, 0.2) is 53.0 Å². The van der Waals surface area contributed by atoms with Crippen LogP contribution in [0.25, 0.3) is 0 Å². The molecule has 0 aliphatic carbocycles. The largest absolute Gasteiger partial charge is 0.465 e. The van der Waals surface area contributed by atoms with E-state index in [1.165, 1.54) is 12.7 Å². The molecular weight excluding hydrogens is 330 g/mol. The second-order valence-corrected chi connectivity index (χ2v) is 5.72. The van der Waals surface area contributed by atoms with E-state index in [1.54, 1.807) is 6.07 Å². The minimum absolute atomic E-state index is 0.198. The van der Waals surface area contributed by atoms with Gasteiger partial charge in [-0.25, -0.2) is 4.79 Å². The van der Waals surface area contributed by atoms with Gasteiger partial charge in [-0.1, -0.05) is 46.3 Å². The Hall–Kier alpha value is -1.65. The molecule has 110 valence electrons. The zero-order valence-electron chi connectivity index (χ0n) is 12.1. The highest BCUT2D eigenvalue weighted by Crippen LogP contribution is 2.18. The van der Waals surface area contributed by atoms with E-state index in [-0.39, 0.29) is 12.0 Å². The van der Waals surface area contributed by atoms with Gasteiger partial charge < -0.3 is 10.1 Å². The van der Waals surface area contributed by atoms with Crippen molar-refractivity contribution in [1.29, 1.82) is 0 Å². The quantitative estimate of drug-likeness (QED) is 0.828. The summed E-state index contributed by atoms with van der Waals surface area (Å²) in [4.78, 5) is 11.7. The summed E-state index contributed by atoms with van der Waals surface area (Å²) in [5.74, 6) is -0.302. The van der Waals surface area contributed by atoms with Crippen molar-refractivity contribution in [3.63, 3.8) is 0 Å². The van der Waals surface area contributed by atoms with Crippen LogP contribution in [0.4, 0.5) is 0 Å². The Morgan fingerprint density at radius 2 is 1.86 bits per heavy atom. The first-order valence-corrected chi connectivity index (χ1v) is 7.56. The number of methoxy groups -OCH3 is 1. The van der Waals surface area contributed by atoms with Crippen LogP contribution in [-0.4, -0.2) is 13.1 Å². The lowest BCUT2D eigenvalue weighted by molar-refractivity contribution is 0.0599. The lowest BCUT2D eigenvalue weighted by Gasteiger charge is -2.16. The molecule has 0 spiro atoms. The summed E-state index contributed by atoms with van der Waals surface area (Å²) < 4.78 is 5.87. The molecule has 0 saturated heterocycles. The standard InChI is InChI=1S/C17H18BrNO2/c1-12(13-7-9-15(18)10-8-13)19-11-14-5-3-4-6-16(14)17(20)21-2/h3-10,12,19H,11H2,1-2H3. The van der Waals surface area contributed by atoms with E-state index in [4.69, 9.17) is 4.74 Å². The van der Waals surface area contributed by atoms with Crippen LogP contribution in [0.3, 0.4) is 0 Å². The van der Waals surface area contributed by atoms with Crippen LogP contribution >= 0.6 is 15.9 Å². The van der Waals surface area contributed by atoms with Crippen LogP contribution in [0, 0.1) is 0 Å². The second kappa shape index (κ2) is 7.38. The zero-order chi connectivity index (χ0) is 15.2. The molecule has 0 bridgehead atoms. The van der Waals surface area contributed by atoms with Crippen molar-refractivity contribution in [3.05, 3.63) is 69.7 Å². The highest BCUT2D eigenvalue weighted by Gasteiger charge is 2.12. The topological polar surface area (TPSA) is 38.3 Å². The summed E-state index contributed by atoms with van der Waals surface area (Å²) >= 11 is 3.43. The van der Waals surface area contributed by atoms with Gasteiger partial charge in [-0.3, -0.25) is 0 Å². The average Bonchev–Trinajstić information content (AvgIpc) is 2.52. The summed E-state index contributed by atoms with van der Waals surface area (Å²) in [6.07, 6.45) is 0. The molecule has 0 aromatic heterocycles. The van der Waals surface area contributed by atoms with Gasteiger partial charge in [0, 0.05) is 17.1 Å². The van der Waals surface area contributed by atoms with Gasteiger partial charge in [0.2, 0.25) is 0 Å². The number of carbonyl (C=O) groups is 1. The van der Waals surface area contributed by atoms with Gasteiger partial charge in [-0.15, -0.1) is 0 Å². The molecule has 0 fully saturated rings. The van der Waals surface area contributed by atoms with Crippen molar-refractivity contribution in [2.75, 3.05) is 7.11 Å². The molecule has 0 aliphatic rings. The predicted molar refractivity (Wildman–Crippen MR) is 87.2 cm³/mol. The van der Waals surface area contributed by atoms with Crippen LogP contribution < -0.4 is 5.32 Å². The normalized spacial score (nSPS) is 12.0. The Balaban J connectivity index is 2.06. The summed E-state index contributed by atoms with van der Waals surface area (Å²) in [6, 6.07) is 15.9. The van der Waals surface area contributed by atoms with E-state index in [0.717, 1.165) is 10.0 Å². The molecular formula is C17H18BrNO2. The van der Waals surface area contributed by atoms with Crippen LogP contribution in [0.2, 0.25) is 0 Å². The van der Waals surface area contributed by atoms with Gasteiger partial charge in [0.15, 0.2) is 0 Å². The second-order valence-electron chi connectivity index (χ2n) is 4.80. The number of hydrogen-bond acceptors (Lipinski definition) is 3. The fourth-order valence-corrected chi connectivity index (χ4v) is 2.38. The molecule has 0 saturated carbocycles. The monoisotopic (exact) mass is 347 g/mol. The maximum atomic E-state index is 11.7. The van der Waals surface area contributed by atoms with Crippen molar-refractivity contribution < 1.29 is 9.53 Å². The Morgan fingerprint density at radius 3 is 2.52 bits per heavy atom. The number of carbonyl (C=O) groups excluding carboxylic acids is 1. The van der Waals surface area contributed by atoms with Gasteiger partial charge in [-0.2, -0.15) is 0 Å². The van der Waals surface area contributed by atoms with E-state index in [0.29, 0.717) is 12.1 Å². The first-order chi connectivity index (χ1) is 10.1. The third-order valence-corrected chi connectivity index (χ3v) is 3.92. The molecule has 0 radical (unpaired) electrons. The molecule has 3 nitrogen and oxygen atoms in total. The van der Waals surface area contributed by atoms with E-state index in [9.17, 15) is 4.79 Å². The lowest BCUT2D eigenvalue weighted by atomic mass is 10.1. The summed E-state index contributed by atoms with van der Waals surface area (Å²) in [6.45, 7) is 2.71. The summed E-state index contributed by atoms with van der Waals surface area (Å²) in [5, 5.41) is 3.43. The highest BCUT2D eigenvalue weighted by atomic mass is 79.9. The Bertz CT molecular complexity index is 610. The molecule has 21 heavy (non-hydrogen) atoms. The number of nitrogens with one attached hydrogen (secondary N) is 1. The van der Waals surface area contributed by atoms with Crippen LogP contribution in [0.5, 0.6) is 0 Å². The molecule has 4 heteroatoms. The smallest absolute Gasteiger partial charge is 0.338 e. The van der Waals surface area contributed by atoms with Crippen molar-refractivity contribution in [1.82, 2.24) is 5.32 Å². The molecule has 1 atom stereocenters. The van der Waals surface area contributed by atoms with E-state index >= 15 is 0 Å². The highest BCUT2D eigenvalue weighted by molar-refractivity contribution is 9.10. The van der Waals surface area contributed by atoms with E-state index in [2.05, 4.69) is 40.3 Å². The predicted octanol–water partition coefficient (Wildman–Crippen LogP) is 4.09. The van der Waals surface area contributed by atoms with Gasteiger partial charge in [-0.05, 0) is 36.2 Å². The first-order valence-electron chi connectivity index (χ1n) is 6.77. The number of halogens is 1. The molecule has 1 unspecified atom stereocenters. The maximum absolute atomic E-state index is 11.7. The Kier molecular flexibility index (Phi) is 5.53. The van der Waals surface area contributed by atoms with Gasteiger partial charge in [0.1, 0.15) is 0 Å².